The zero-order valence-electron chi connectivity index (χ0n) is 16.1. The van der Waals surface area contributed by atoms with Crippen LogP contribution in [0.3, 0.4) is 0 Å². The molecule has 150 valence electrons. The number of rotatable bonds is 4. The number of esters is 1. The molecule has 4 rings (SSSR count). The first kappa shape index (κ1) is 19.3. The van der Waals surface area contributed by atoms with Gasteiger partial charge < -0.3 is 10.1 Å². The Morgan fingerprint density at radius 1 is 1.10 bits per heavy atom. The van der Waals surface area contributed by atoms with E-state index in [1.807, 2.05) is 31.2 Å². The predicted molar refractivity (Wildman–Crippen MR) is 111 cm³/mol. The van der Waals surface area contributed by atoms with Gasteiger partial charge >= 0.3 is 5.97 Å². The highest BCUT2D eigenvalue weighted by atomic mass is 16.6. The first-order valence-corrected chi connectivity index (χ1v) is 9.37. The Labute approximate surface area is 172 Å². The summed E-state index contributed by atoms with van der Waals surface area (Å²) in [5.41, 5.74) is 3.74. The lowest BCUT2D eigenvalue weighted by Crippen LogP contribution is -2.23. The minimum atomic E-state index is -0.522. The van der Waals surface area contributed by atoms with Crippen LogP contribution in [0.4, 0.5) is 11.4 Å². The molecule has 1 aliphatic rings. The summed E-state index contributed by atoms with van der Waals surface area (Å²) in [6.45, 7) is 1.98. The Bertz CT molecular complexity index is 1150. The van der Waals surface area contributed by atoms with E-state index >= 15 is 0 Å². The van der Waals surface area contributed by atoms with Crippen molar-refractivity contribution < 1.29 is 19.2 Å². The monoisotopic (exact) mass is 402 g/mol. The molecule has 0 bridgehead atoms. The highest BCUT2D eigenvalue weighted by molar-refractivity contribution is 6.05. The van der Waals surface area contributed by atoms with E-state index in [1.165, 1.54) is 18.2 Å². The summed E-state index contributed by atoms with van der Waals surface area (Å²) in [4.78, 5) is 35.5. The first-order chi connectivity index (χ1) is 14.4. The molecular formula is C23H18N2O5. The fourth-order valence-corrected chi connectivity index (χ4v) is 3.40. The first-order valence-electron chi connectivity index (χ1n) is 9.37. The molecule has 0 unspecified atom stereocenters. The predicted octanol–water partition coefficient (Wildman–Crippen LogP) is 4.61. The molecule has 0 saturated carbocycles. The third kappa shape index (κ3) is 3.91. The maximum Gasteiger partial charge on any atom is 0.339 e. The van der Waals surface area contributed by atoms with Crippen molar-refractivity contribution in [2.45, 2.75) is 19.4 Å². The van der Waals surface area contributed by atoms with E-state index in [4.69, 9.17) is 4.74 Å². The smallest absolute Gasteiger partial charge is 0.339 e. The van der Waals surface area contributed by atoms with Gasteiger partial charge in [-0.3, -0.25) is 14.9 Å². The van der Waals surface area contributed by atoms with E-state index < -0.39 is 22.9 Å². The lowest BCUT2D eigenvalue weighted by molar-refractivity contribution is -0.384. The van der Waals surface area contributed by atoms with E-state index in [2.05, 4.69) is 5.32 Å². The van der Waals surface area contributed by atoms with Crippen LogP contribution < -0.4 is 5.32 Å². The number of fused-ring (bicyclic) bond motifs is 1. The molecule has 0 aliphatic carbocycles. The largest absolute Gasteiger partial charge is 0.454 e. The van der Waals surface area contributed by atoms with Crippen molar-refractivity contribution in [3.8, 4) is 0 Å². The molecule has 0 radical (unpaired) electrons. The quantitative estimate of drug-likeness (QED) is 0.390. The summed E-state index contributed by atoms with van der Waals surface area (Å²) < 4.78 is 5.57. The molecule has 30 heavy (non-hydrogen) atoms. The van der Waals surface area contributed by atoms with Gasteiger partial charge in [-0.15, -0.1) is 0 Å². The number of nitrogens with zero attached hydrogens (tertiary/aromatic N) is 1. The number of hydrogen-bond acceptors (Lipinski definition) is 5. The van der Waals surface area contributed by atoms with Crippen molar-refractivity contribution in [2.24, 2.45) is 0 Å². The third-order valence-electron chi connectivity index (χ3n) is 5.01. The average Bonchev–Trinajstić information content (AvgIpc) is 2.74. The average molecular weight is 402 g/mol. The van der Waals surface area contributed by atoms with Crippen LogP contribution in [0, 0.1) is 17.0 Å². The Morgan fingerprint density at radius 2 is 1.87 bits per heavy atom. The van der Waals surface area contributed by atoms with E-state index in [1.54, 1.807) is 24.3 Å². The molecule has 3 aromatic carbocycles. The number of hydrogen-bond donors (Lipinski definition) is 1. The second kappa shape index (κ2) is 7.79. The number of cyclic esters (lactones) is 1. The van der Waals surface area contributed by atoms with Crippen LogP contribution in [0.2, 0.25) is 0 Å². The zero-order valence-corrected chi connectivity index (χ0v) is 16.1. The van der Waals surface area contributed by atoms with Crippen LogP contribution in [-0.2, 0) is 11.2 Å². The number of ether oxygens (including phenoxy) is 1. The fraction of sp³-hybridized carbons (Fsp3) is 0.130. The highest BCUT2D eigenvalue weighted by Gasteiger charge is 2.28. The number of non-ortho nitro benzene ring substituents is 1. The molecule has 1 heterocycles. The summed E-state index contributed by atoms with van der Waals surface area (Å²) in [6, 6.07) is 18.3. The number of carbonyl (C=O) groups excluding carboxylic acids is 2. The number of nitro benzene ring substituents is 1. The fourth-order valence-electron chi connectivity index (χ4n) is 3.40. The van der Waals surface area contributed by atoms with Gasteiger partial charge in [0.2, 0.25) is 0 Å². The summed E-state index contributed by atoms with van der Waals surface area (Å²) in [6.07, 6.45) is 0.0443. The van der Waals surface area contributed by atoms with Gasteiger partial charge in [-0.1, -0.05) is 35.9 Å². The number of nitro groups is 1. The molecule has 7 nitrogen and oxygen atoms in total. The zero-order chi connectivity index (χ0) is 21.3. The minimum absolute atomic E-state index is 0.109. The summed E-state index contributed by atoms with van der Waals surface area (Å²) in [5, 5.41) is 13.6. The normalized spacial score (nSPS) is 15.1. The molecule has 1 N–H and O–H groups in total. The molecular weight excluding hydrogens is 384 g/mol. The number of carbonyl (C=O) groups is 2. The van der Waals surface area contributed by atoms with E-state index in [0.717, 1.165) is 16.7 Å². The number of anilines is 1. The van der Waals surface area contributed by atoms with Crippen LogP contribution in [0.1, 0.15) is 43.5 Å². The molecule has 1 atom stereocenters. The number of aryl methyl sites for hydroxylation is 1. The summed E-state index contributed by atoms with van der Waals surface area (Å²) in [5.74, 6) is -0.836. The van der Waals surface area contributed by atoms with Gasteiger partial charge in [-0.2, -0.15) is 0 Å². The Hall–Kier alpha value is -4.00. The number of benzene rings is 3. The topological polar surface area (TPSA) is 98.5 Å². The lowest BCUT2D eigenvalue weighted by atomic mass is 9.92. The molecule has 3 aromatic rings. The Balaban J connectivity index is 1.57. The van der Waals surface area contributed by atoms with Gasteiger partial charge in [0.15, 0.2) is 0 Å². The van der Waals surface area contributed by atoms with Crippen LogP contribution in [-0.4, -0.2) is 16.8 Å². The van der Waals surface area contributed by atoms with Gasteiger partial charge in [0, 0.05) is 29.8 Å². The maximum atomic E-state index is 12.7. The van der Waals surface area contributed by atoms with Gasteiger partial charge in [0.1, 0.15) is 6.10 Å². The van der Waals surface area contributed by atoms with Crippen molar-refractivity contribution in [3.63, 3.8) is 0 Å². The van der Waals surface area contributed by atoms with Crippen molar-refractivity contribution >= 4 is 23.3 Å². The lowest BCUT2D eigenvalue weighted by Gasteiger charge is -2.25. The second-order valence-corrected chi connectivity index (χ2v) is 7.14. The van der Waals surface area contributed by atoms with Crippen LogP contribution in [0.25, 0.3) is 0 Å². The van der Waals surface area contributed by atoms with Gasteiger partial charge in [-0.05, 0) is 42.3 Å². The highest BCUT2D eigenvalue weighted by Crippen LogP contribution is 2.31. The standard InChI is InChI=1S/C23H18N2O5/c1-14-5-7-15(8-6-14)21-12-17-11-16(9-10-20(17)23(27)30-21)22(26)24-18-3-2-4-19(13-18)25(28)29/h2-11,13,21H,12H2,1H3,(H,24,26)/t21-/m0/s1. The Morgan fingerprint density at radius 3 is 2.60 bits per heavy atom. The van der Waals surface area contributed by atoms with Crippen molar-refractivity contribution in [1.82, 2.24) is 0 Å². The third-order valence-corrected chi connectivity index (χ3v) is 5.01. The summed E-state index contributed by atoms with van der Waals surface area (Å²) in [7, 11) is 0. The molecule has 1 amide bonds. The molecule has 0 saturated heterocycles. The maximum absolute atomic E-state index is 12.7. The Kier molecular flexibility index (Phi) is 5.02. The second-order valence-electron chi connectivity index (χ2n) is 7.14. The molecule has 7 heteroatoms. The van der Waals surface area contributed by atoms with Gasteiger partial charge in [-0.25, -0.2) is 4.79 Å². The number of nitrogens with one attached hydrogen (secondary N) is 1. The van der Waals surface area contributed by atoms with Crippen LogP contribution in [0.5, 0.6) is 0 Å². The summed E-state index contributed by atoms with van der Waals surface area (Å²) >= 11 is 0. The van der Waals surface area contributed by atoms with Gasteiger partial charge in [0.25, 0.3) is 11.6 Å². The SMILES string of the molecule is Cc1ccc([C@@H]2Cc3cc(C(=O)Nc4cccc([N+](=O)[O-])c4)ccc3C(=O)O2)cc1. The van der Waals surface area contributed by atoms with Crippen molar-refractivity contribution in [1.29, 1.82) is 0 Å². The van der Waals surface area contributed by atoms with Crippen molar-refractivity contribution in [2.75, 3.05) is 5.32 Å². The number of amides is 1. The minimum Gasteiger partial charge on any atom is -0.454 e. The van der Waals surface area contributed by atoms with E-state index in [-0.39, 0.29) is 5.69 Å². The van der Waals surface area contributed by atoms with Crippen molar-refractivity contribution in [3.05, 3.63) is 105 Å². The molecule has 0 fully saturated rings. The van der Waals surface area contributed by atoms with E-state index in [0.29, 0.717) is 23.2 Å². The molecule has 0 aromatic heterocycles. The van der Waals surface area contributed by atoms with Crippen LogP contribution in [0.15, 0.2) is 66.7 Å². The molecule has 1 aliphatic heterocycles. The van der Waals surface area contributed by atoms with E-state index in [9.17, 15) is 19.7 Å². The molecule has 0 spiro atoms. The van der Waals surface area contributed by atoms with Crippen LogP contribution >= 0.6 is 0 Å². The van der Waals surface area contributed by atoms with Gasteiger partial charge in [0.05, 0.1) is 10.5 Å².